The van der Waals surface area contributed by atoms with E-state index in [1.807, 2.05) is 45.0 Å². The first-order chi connectivity index (χ1) is 17.4. The Morgan fingerprint density at radius 2 is 1.59 bits per heavy atom. The van der Waals surface area contributed by atoms with Crippen LogP contribution in [0.2, 0.25) is 5.02 Å². The van der Waals surface area contributed by atoms with E-state index < -0.39 is 28.5 Å². The fraction of sp³-hybridized carbons (Fsp3) is 0.286. The number of likely N-dealkylation sites (N-methyl/N-ethyl adjacent to an activating group) is 1. The molecule has 0 aliphatic carbocycles. The van der Waals surface area contributed by atoms with Crippen molar-refractivity contribution in [2.75, 3.05) is 17.9 Å². The molecule has 3 rings (SSSR count). The molecular formula is C28H32ClN3O4S. The van der Waals surface area contributed by atoms with E-state index in [1.165, 1.54) is 30.1 Å². The zero-order valence-electron chi connectivity index (χ0n) is 21.7. The molecule has 0 saturated carbocycles. The molecule has 3 aromatic rings. The number of hydrogen-bond donors (Lipinski definition) is 1. The van der Waals surface area contributed by atoms with Crippen LogP contribution in [-0.2, 0) is 26.2 Å². The highest BCUT2D eigenvalue weighted by molar-refractivity contribution is 7.92. The molecule has 0 aliphatic heterocycles. The van der Waals surface area contributed by atoms with Gasteiger partial charge in [-0.05, 0) is 68.7 Å². The first kappa shape index (κ1) is 28.2. The van der Waals surface area contributed by atoms with Gasteiger partial charge in [0.1, 0.15) is 12.6 Å². The summed E-state index contributed by atoms with van der Waals surface area (Å²) in [4.78, 5) is 27.8. The molecule has 1 atom stereocenters. The van der Waals surface area contributed by atoms with Crippen LogP contribution in [0.25, 0.3) is 0 Å². The van der Waals surface area contributed by atoms with Crippen molar-refractivity contribution in [1.29, 1.82) is 0 Å². The van der Waals surface area contributed by atoms with E-state index in [9.17, 15) is 18.0 Å². The normalized spacial score (nSPS) is 12.1. The average Bonchev–Trinajstić information content (AvgIpc) is 2.87. The van der Waals surface area contributed by atoms with Gasteiger partial charge >= 0.3 is 0 Å². The minimum Gasteiger partial charge on any atom is -0.357 e. The first-order valence-corrected chi connectivity index (χ1v) is 13.7. The number of benzene rings is 3. The van der Waals surface area contributed by atoms with Crippen molar-refractivity contribution >= 4 is 39.1 Å². The third-order valence-corrected chi connectivity index (χ3v) is 8.54. The minimum absolute atomic E-state index is 0.0485. The van der Waals surface area contributed by atoms with E-state index in [1.54, 1.807) is 31.2 Å². The summed E-state index contributed by atoms with van der Waals surface area (Å²) in [5, 5.41) is 2.96. The van der Waals surface area contributed by atoms with Crippen molar-refractivity contribution in [3.63, 3.8) is 0 Å². The highest BCUT2D eigenvalue weighted by atomic mass is 35.5. The Balaban J connectivity index is 2.07. The number of aryl methyl sites for hydroxylation is 3. The Morgan fingerprint density at radius 3 is 2.19 bits per heavy atom. The lowest BCUT2D eigenvalue weighted by Gasteiger charge is -2.32. The Morgan fingerprint density at radius 1 is 0.946 bits per heavy atom. The molecule has 0 spiro atoms. The third kappa shape index (κ3) is 6.50. The minimum atomic E-state index is -4.13. The van der Waals surface area contributed by atoms with E-state index in [4.69, 9.17) is 11.6 Å². The molecule has 0 bridgehead atoms. The van der Waals surface area contributed by atoms with Crippen LogP contribution in [0, 0.1) is 20.8 Å². The molecule has 9 heteroatoms. The lowest BCUT2D eigenvalue weighted by Crippen LogP contribution is -2.50. The van der Waals surface area contributed by atoms with Crippen molar-refractivity contribution in [2.45, 2.75) is 45.2 Å². The summed E-state index contributed by atoms with van der Waals surface area (Å²) in [5.41, 5.74) is 3.76. The van der Waals surface area contributed by atoms with Crippen LogP contribution in [-0.4, -0.2) is 44.8 Å². The van der Waals surface area contributed by atoms with E-state index >= 15 is 0 Å². The van der Waals surface area contributed by atoms with Crippen molar-refractivity contribution in [1.82, 2.24) is 10.2 Å². The maximum Gasteiger partial charge on any atom is 0.264 e. The number of rotatable bonds is 9. The Hall–Kier alpha value is -3.36. The molecule has 196 valence electrons. The van der Waals surface area contributed by atoms with Crippen LogP contribution in [0.1, 0.15) is 29.2 Å². The summed E-state index contributed by atoms with van der Waals surface area (Å²) in [7, 11) is -2.64. The van der Waals surface area contributed by atoms with Crippen LogP contribution in [0.3, 0.4) is 0 Å². The van der Waals surface area contributed by atoms with Gasteiger partial charge in [0.05, 0.1) is 10.6 Å². The van der Waals surface area contributed by atoms with Crippen molar-refractivity contribution in [2.24, 2.45) is 0 Å². The molecule has 37 heavy (non-hydrogen) atoms. The topological polar surface area (TPSA) is 86.8 Å². The lowest BCUT2D eigenvalue weighted by molar-refractivity contribution is -0.139. The molecule has 0 heterocycles. The standard InChI is InChI=1S/C28H32ClN3O4S/c1-19-10-14-25(15-11-19)37(35,36)32(24-13-12-21(3)26(29)16-24)18-27(33)31(22(4)28(34)30-5)17-23-9-7-6-8-20(23)2/h6-16,22H,17-18H2,1-5H3,(H,30,34)/t22-/m1/s1. The molecule has 2 amide bonds. The van der Waals surface area contributed by atoms with E-state index in [-0.39, 0.29) is 23.0 Å². The van der Waals surface area contributed by atoms with Crippen LogP contribution >= 0.6 is 11.6 Å². The van der Waals surface area contributed by atoms with Gasteiger partial charge in [0.15, 0.2) is 0 Å². The highest BCUT2D eigenvalue weighted by Gasteiger charge is 2.32. The van der Waals surface area contributed by atoms with Gasteiger partial charge in [-0.1, -0.05) is 59.6 Å². The number of nitrogens with one attached hydrogen (secondary N) is 1. The summed E-state index contributed by atoms with van der Waals surface area (Å²) in [6, 6.07) is 18.0. The lowest BCUT2D eigenvalue weighted by atomic mass is 10.1. The number of hydrogen-bond acceptors (Lipinski definition) is 4. The number of sulfonamides is 1. The number of halogens is 1. The van der Waals surface area contributed by atoms with Gasteiger partial charge < -0.3 is 10.2 Å². The van der Waals surface area contributed by atoms with Gasteiger partial charge in [-0.15, -0.1) is 0 Å². The second-order valence-corrected chi connectivity index (χ2v) is 11.3. The summed E-state index contributed by atoms with van der Waals surface area (Å²) < 4.78 is 28.7. The second kappa shape index (κ2) is 11.8. The molecule has 1 N–H and O–H groups in total. The Labute approximate surface area is 224 Å². The van der Waals surface area contributed by atoms with Gasteiger partial charge in [-0.2, -0.15) is 0 Å². The number of carbonyl (C=O) groups excluding carboxylic acids is 2. The van der Waals surface area contributed by atoms with Gasteiger partial charge in [-0.3, -0.25) is 13.9 Å². The van der Waals surface area contributed by atoms with Crippen molar-refractivity contribution in [3.05, 3.63) is 94.0 Å². The quantitative estimate of drug-likeness (QED) is 0.428. The molecule has 3 aromatic carbocycles. The largest absolute Gasteiger partial charge is 0.357 e. The molecule has 0 fully saturated rings. The summed E-state index contributed by atoms with van der Waals surface area (Å²) in [5.74, 6) is -0.875. The summed E-state index contributed by atoms with van der Waals surface area (Å²) in [6.07, 6.45) is 0. The fourth-order valence-electron chi connectivity index (χ4n) is 3.87. The fourth-order valence-corrected chi connectivity index (χ4v) is 5.45. The molecule has 7 nitrogen and oxygen atoms in total. The highest BCUT2D eigenvalue weighted by Crippen LogP contribution is 2.29. The zero-order valence-corrected chi connectivity index (χ0v) is 23.2. The van der Waals surface area contributed by atoms with Crippen LogP contribution in [0.15, 0.2) is 71.6 Å². The molecule has 0 saturated heterocycles. The SMILES string of the molecule is CNC(=O)[C@@H](C)N(Cc1ccccc1C)C(=O)CN(c1ccc(C)c(Cl)c1)S(=O)(=O)c1ccc(C)cc1. The summed E-state index contributed by atoms with van der Waals surface area (Å²) >= 11 is 6.34. The van der Waals surface area contributed by atoms with Gasteiger partial charge in [0, 0.05) is 18.6 Å². The van der Waals surface area contributed by atoms with E-state index in [0.29, 0.717) is 5.02 Å². The van der Waals surface area contributed by atoms with Gasteiger partial charge in [0.2, 0.25) is 11.8 Å². The smallest absolute Gasteiger partial charge is 0.264 e. The van der Waals surface area contributed by atoms with Crippen LogP contribution in [0.5, 0.6) is 0 Å². The Bertz CT molecular complexity index is 1390. The number of nitrogens with zero attached hydrogens (tertiary/aromatic N) is 2. The molecule has 0 radical (unpaired) electrons. The first-order valence-electron chi connectivity index (χ1n) is 11.9. The number of amides is 2. The zero-order chi connectivity index (χ0) is 27.3. The van der Waals surface area contributed by atoms with Crippen molar-refractivity contribution in [3.8, 4) is 0 Å². The molecular weight excluding hydrogens is 510 g/mol. The molecule has 0 aromatic heterocycles. The molecule has 0 unspecified atom stereocenters. The number of anilines is 1. The Kier molecular flexibility index (Phi) is 8.99. The predicted molar refractivity (Wildman–Crippen MR) is 147 cm³/mol. The van der Waals surface area contributed by atoms with E-state index in [0.717, 1.165) is 26.6 Å². The monoisotopic (exact) mass is 541 g/mol. The number of carbonyl (C=O) groups is 2. The maximum atomic E-state index is 13.8. The van der Waals surface area contributed by atoms with Crippen LogP contribution in [0.4, 0.5) is 5.69 Å². The van der Waals surface area contributed by atoms with Crippen molar-refractivity contribution < 1.29 is 18.0 Å². The second-order valence-electron chi connectivity index (χ2n) is 9.00. The van der Waals surface area contributed by atoms with Gasteiger partial charge in [0.25, 0.3) is 10.0 Å². The maximum absolute atomic E-state index is 13.8. The van der Waals surface area contributed by atoms with E-state index in [2.05, 4.69) is 5.32 Å². The average molecular weight is 542 g/mol. The third-order valence-electron chi connectivity index (χ3n) is 6.35. The van der Waals surface area contributed by atoms with Gasteiger partial charge in [-0.25, -0.2) is 8.42 Å². The summed E-state index contributed by atoms with van der Waals surface area (Å²) in [6.45, 7) is 6.85. The van der Waals surface area contributed by atoms with Crippen LogP contribution < -0.4 is 9.62 Å². The predicted octanol–water partition coefficient (Wildman–Crippen LogP) is 4.62. The molecule has 0 aliphatic rings.